The van der Waals surface area contributed by atoms with E-state index < -0.39 is 23.3 Å². The van der Waals surface area contributed by atoms with Gasteiger partial charge in [-0.25, -0.2) is 9.78 Å². The quantitative estimate of drug-likeness (QED) is 0.841. The lowest BCUT2D eigenvalue weighted by atomic mass is 9.86. The Morgan fingerprint density at radius 2 is 1.95 bits per heavy atom. The molecule has 0 aliphatic carbocycles. The highest BCUT2D eigenvalue weighted by molar-refractivity contribution is 6.35. The highest BCUT2D eigenvalue weighted by Gasteiger charge is 2.33. The van der Waals surface area contributed by atoms with Crippen LogP contribution in [0.4, 0.5) is 0 Å². The number of carbonyl (C=O) groups excluding carboxylic acids is 1. The van der Waals surface area contributed by atoms with E-state index in [1.54, 1.807) is 20.8 Å². The first-order valence-corrected chi connectivity index (χ1v) is 6.23. The van der Waals surface area contributed by atoms with E-state index in [-0.39, 0.29) is 15.7 Å². The molecule has 0 aromatic carbocycles. The average Bonchev–Trinajstić information content (AvgIpc) is 2.26. The van der Waals surface area contributed by atoms with Crippen LogP contribution in [0.2, 0.25) is 10.2 Å². The van der Waals surface area contributed by atoms with E-state index in [0.717, 1.165) is 0 Å². The number of carbonyl (C=O) groups is 2. The number of aromatic nitrogens is 1. The summed E-state index contributed by atoms with van der Waals surface area (Å²) in [6, 6.07) is 0.254. The molecule has 1 heterocycles. The third-order valence-corrected chi connectivity index (χ3v) is 2.96. The molecule has 7 heteroatoms. The smallest absolute Gasteiger partial charge is 0.326 e. The lowest BCUT2D eigenvalue weighted by Gasteiger charge is -2.27. The third kappa shape index (κ3) is 4.08. The SMILES string of the molecule is CC(C)(C)[C@H](NC(=O)c1cc(Cl)ncc1Cl)C(=O)O. The summed E-state index contributed by atoms with van der Waals surface area (Å²) in [5, 5.41) is 11.8. The summed E-state index contributed by atoms with van der Waals surface area (Å²) < 4.78 is 0. The Kier molecular flexibility index (Phi) is 4.76. The number of nitrogens with one attached hydrogen (secondary N) is 1. The fraction of sp³-hybridized carbons (Fsp3) is 0.417. The van der Waals surface area contributed by atoms with Crippen LogP contribution in [0.5, 0.6) is 0 Å². The molecule has 0 fully saturated rings. The van der Waals surface area contributed by atoms with E-state index in [1.165, 1.54) is 12.3 Å². The van der Waals surface area contributed by atoms with Gasteiger partial charge < -0.3 is 10.4 Å². The molecular weight excluding hydrogens is 291 g/mol. The lowest BCUT2D eigenvalue weighted by molar-refractivity contribution is -0.142. The summed E-state index contributed by atoms with van der Waals surface area (Å²) in [5.41, 5.74) is -0.540. The standard InChI is InChI=1S/C12H14Cl2N2O3/c1-12(2,3)9(11(18)19)16-10(17)6-4-8(14)15-5-7(6)13/h4-5,9H,1-3H3,(H,16,17)(H,18,19)/t9-/m1/s1. The molecule has 0 saturated heterocycles. The number of amides is 1. The second-order valence-electron chi connectivity index (χ2n) is 5.10. The van der Waals surface area contributed by atoms with Gasteiger partial charge in [0.25, 0.3) is 5.91 Å². The Hall–Kier alpha value is -1.33. The van der Waals surface area contributed by atoms with Gasteiger partial charge in [0.1, 0.15) is 11.2 Å². The molecule has 19 heavy (non-hydrogen) atoms. The summed E-state index contributed by atoms with van der Waals surface area (Å²) in [6.07, 6.45) is 1.24. The summed E-state index contributed by atoms with van der Waals surface area (Å²) >= 11 is 11.5. The molecule has 0 spiro atoms. The zero-order valence-electron chi connectivity index (χ0n) is 10.7. The maximum atomic E-state index is 12.0. The monoisotopic (exact) mass is 304 g/mol. The molecule has 5 nitrogen and oxygen atoms in total. The maximum Gasteiger partial charge on any atom is 0.326 e. The van der Waals surface area contributed by atoms with Crippen molar-refractivity contribution in [2.24, 2.45) is 5.41 Å². The minimum Gasteiger partial charge on any atom is -0.480 e. The second-order valence-corrected chi connectivity index (χ2v) is 5.89. The van der Waals surface area contributed by atoms with Crippen molar-refractivity contribution in [1.29, 1.82) is 0 Å². The van der Waals surface area contributed by atoms with Gasteiger partial charge in [-0.1, -0.05) is 44.0 Å². The number of carboxylic acids is 1. The van der Waals surface area contributed by atoms with E-state index in [9.17, 15) is 9.59 Å². The predicted octanol–water partition coefficient (Wildman–Crippen LogP) is 2.62. The Morgan fingerprint density at radius 3 is 2.42 bits per heavy atom. The van der Waals surface area contributed by atoms with Crippen LogP contribution in [-0.4, -0.2) is 28.0 Å². The van der Waals surface area contributed by atoms with Gasteiger partial charge in [0.15, 0.2) is 0 Å². The molecule has 1 atom stereocenters. The van der Waals surface area contributed by atoms with Crippen LogP contribution in [0, 0.1) is 5.41 Å². The minimum absolute atomic E-state index is 0.0946. The fourth-order valence-corrected chi connectivity index (χ4v) is 1.79. The minimum atomic E-state index is -1.11. The molecule has 1 aromatic heterocycles. The second kappa shape index (κ2) is 5.75. The number of aliphatic carboxylic acids is 1. The van der Waals surface area contributed by atoms with Crippen LogP contribution < -0.4 is 5.32 Å². The molecule has 1 rings (SSSR count). The molecule has 104 valence electrons. The molecule has 0 bridgehead atoms. The highest BCUT2D eigenvalue weighted by atomic mass is 35.5. The first-order valence-electron chi connectivity index (χ1n) is 5.47. The number of pyridine rings is 1. The summed E-state index contributed by atoms with van der Waals surface area (Å²) in [6.45, 7) is 5.15. The van der Waals surface area contributed by atoms with Crippen LogP contribution in [0.3, 0.4) is 0 Å². The molecule has 0 unspecified atom stereocenters. The molecule has 1 aromatic rings. The first-order chi connectivity index (χ1) is 8.62. The van der Waals surface area contributed by atoms with Crippen LogP contribution in [-0.2, 0) is 4.79 Å². The Bertz CT molecular complexity index is 512. The molecule has 0 aliphatic heterocycles. The molecule has 2 N–H and O–H groups in total. The van der Waals surface area contributed by atoms with E-state index in [0.29, 0.717) is 0 Å². The van der Waals surface area contributed by atoms with Gasteiger partial charge in [0, 0.05) is 6.20 Å². The van der Waals surface area contributed by atoms with Gasteiger partial charge in [0.05, 0.1) is 10.6 Å². The number of halogens is 2. The fourth-order valence-electron chi connectivity index (χ4n) is 1.44. The maximum absolute atomic E-state index is 12.0. The van der Waals surface area contributed by atoms with Crippen LogP contribution >= 0.6 is 23.2 Å². The van der Waals surface area contributed by atoms with Crippen molar-refractivity contribution in [2.75, 3.05) is 0 Å². The van der Waals surface area contributed by atoms with Crippen molar-refractivity contribution in [3.63, 3.8) is 0 Å². The molecule has 0 saturated carbocycles. The largest absolute Gasteiger partial charge is 0.480 e. The van der Waals surface area contributed by atoms with E-state index >= 15 is 0 Å². The third-order valence-electron chi connectivity index (χ3n) is 2.46. The van der Waals surface area contributed by atoms with Crippen molar-refractivity contribution < 1.29 is 14.7 Å². The average molecular weight is 305 g/mol. The van der Waals surface area contributed by atoms with E-state index in [1.807, 2.05) is 0 Å². The van der Waals surface area contributed by atoms with Gasteiger partial charge in [-0.15, -0.1) is 0 Å². The van der Waals surface area contributed by atoms with Gasteiger partial charge in [0.2, 0.25) is 0 Å². The molecule has 0 aliphatic rings. The van der Waals surface area contributed by atoms with Crippen molar-refractivity contribution in [1.82, 2.24) is 10.3 Å². The van der Waals surface area contributed by atoms with Crippen molar-refractivity contribution in [3.05, 3.63) is 28.0 Å². The van der Waals surface area contributed by atoms with Crippen LogP contribution in [0.15, 0.2) is 12.3 Å². The summed E-state index contributed by atoms with van der Waals surface area (Å²) in [4.78, 5) is 26.9. The predicted molar refractivity (Wildman–Crippen MR) is 72.6 cm³/mol. The van der Waals surface area contributed by atoms with Crippen molar-refractivity contribution in [3.8, 4) is 0 Å². The van der Waals surface area contributed by atoms with Crippen molar-refractivity contribution in [2.45, 2.75) is 26.8 Å². The van der Waals surface area contributed by atoms with Crippen LogP contribution in [0.25, 0.3) is 0 Å². The Balaban J connectivity index is 3.01. The highest BCUT2D eigenvalue weighted by Crippen LogP contribution is 2.22. The number of hydrogen-bond donors (Lipinski definition) is 2. The van der Waals surface area contributed by atoms with Crippen molar-refractivity contribution >= 4 is 35.1 Å². The Morgan fingerprint density at radius 1 is 1.37 bits per heavy atom. The summed E-state index contributed by atoms with van der Waals surface area (Å²) in [5.74, 6) is -1.71. The van der Waals surface area contributed by atoms with Gasteiger partial charge in [-0.05, 0) is 11.5 Å². The first kappa shape index (κ1) is 15.7. The zero-order chi connectivity index (χ0) is 14.8. The molecular formula is C12H14Cl2N2O3. The van der Waals surface area contributed by atoms with Crippen LogP contribution in [0.1, 0.15) is 31.1 Å². The van der Waals surface area contributed by atoms with Gasteiger partial charge >= 0.3 is 5.97 Å². The lowest BCUT2D eigenvalue weighted by Crippen LogP contribution is -2.49. The number of nitrogens with zero attached hydrogens (tertiary/aromatic N) is 1. The number of hydrogen-bond acceptors (Lipinski definition) is 3. The molecule has 0 radical (unpaired) electrons. The topological polar surface area (TPSA) is 79.3 Å². The van der Waals surface area contributed by atoms with E-state index in [2.05, 4.69) is 10.3 Å². The Labute approximate surface area is 120 Å². The van der Waals surface area contributed by atoms with Gasteiger partial charge in [-0.3, -0.25) is 4.79 Å². The normalized spacial score (nSPS) is 12.9. The van der Waals surface area contributed by atoms with Gasteiger partial charge in [-0.2, -0.15) is 0 Å². The summed E-state index contributed by atoms with van der Waals surface area (Å²) in [7, 11) is 0. The number of carboxylic acid groups (broad SMARTS) is 1. The number of rotatable bonds is 3. The zero-order valence-corrected chi connectivity index (χ0v) is 12.2. The molecule has 1 amide bonds. The van der Waals surface area contributed by atoms with E-state index in [4.69, 9.17) is 28.3 Å².